The maximum Gasteiger partial charge on any atom is 0.151 e. The van der Waals surface area contributed by atoms with Crippen LogP contribution in [-0.4, -0.2) is 12.1 Å². The minimum absolute atomic E-state index is 0.649. The van der Waals surface area contributed by atoms with Gasteiger partial charge in [-0.05, 0) is 18.6 Å². The molecule has 0 radical (unpaired) electrons. The van der Waals surface area contributed by atoms with Crippen LogP contribution in [0.1, 0.15) is 12.5 Å². The number of hydrogen-bond acceptors (Lipinski definition) is 1. The average Bonchev–Trinajstić information content (AvgIpc) is 2.28. The van der Waals surface area contributed by atoms with E-state index in [0.29, 0.717) is 5.84 Å². The second-order valence-electron chi connectivity index (χ2n) is 2.80. The zero-order valence-electron chi connectivity index (χ0n) is 8.80. The first-order valence-electron chi connectivity index (χ1n) is 4.77. The molecule has 0 bridgehead atoms. The van der Waals surface area contributed by atoms with Crippen molar-refractivity contribution in [1.82, 2.24) is 0 Å². The lowest BCUT2D eigenvalue weighted by molar-refractivity contribution is 1.52. The second kappa shape index (κ2) is 6.49. The molecule has 0 heterocycles. The lowest BCUT2D eigenvalue weighted by Gasteiger charge is -1.92. The highest BCUT2D eigenvalue weighted by Gasteiger charge is 1.87. The van der Waals surface area contributed by atoms with Gasteiger partial charge < -0.3 is 0 Å². The first-order valence-corrected chi connectivity index (χ1v) is 4.77. The molecule has 2 heteroatoms. The molecule has 15 heavy (non-hydrogen) atoms. The highest BCUT2D eigenvalue weighted by Crippen LogP contribution is 2.01. The quantitative estimate of drug-likeness (QED) is 0.525. The van der Waals surface area contributed by atoms with Crippen LogP contribution in [0.2, 0.25) is 0 Å². The molecule has 0 aromatic heterocycles. The SMILES string of the molecule is C=C/N=C(/C=C/c1ccccc1)\N=C/C. The summed E-state index contributed by atoms with van der Waals surface area (Å²) in [6, 6.07) is 10.0. The van der Waals surface area contributed by atoms with Crippen molar-refractivity contribution in [3.63, 3.8) is 0 Å². The number of benzene rings is 1. The van der Waals surface area contributed by atoms with Crippen molar-refractivity contribution >= 4 is 18.1 Å². The predicted molar refractivity (Wildman–Crippen MR) is 67.3 cm³/mol. The van der Waals surface area contributed by atoms with Crippen LogP contribution in [0.3, 0.4) is 0 Å². The molecule has 76 valence electrons. The molecule has 0 atom stereocenters. The van der Waals surface area contributed by atoms with Gasteiger partial charge in [0.1, 0.15) is 0 Å². The smallest absolute Gasteiger partial charge is 0.151 e. The third-order valence-corrected chi connectivity index (χ3v) is 1.71. The van der Waals surface area contributed by atoms with E-state index in [1.807, 2.05) is 49.4 Å². The summed E-state index contributed by atoms with van der Waals surface area (Å²) in [6.45, 7) is 5.40. The lowest BCUT2D eigenvalue weighted by Crippen LogP contribution is -1.86. The summed E-state index contributed by atoms with van der Waals surface area (Å²) in [4.78, 5) is 8.12. The van der Waals surface area contributed by atoms with Gasteiger partial charge in [-0.3, -0.25) is 0 Å². The fraction of sp³-hybridized carbons (Fsp3) is 0.0769. The van der Waals surface area contributed by atoms with Crippen molar-refractivity contribution in [3.8, 4) is 0 Å². The van der Waals surface area contributed by atoms with Gasteiger partial charge in [0.25, 0.3) is 0 Å². The number of nitrogens with zero attached hydrogens (tertiary/aromatic N) is 2. The Balaban J connectivity index is 2.79. The Labute approximate surface area is 90.4 Å². The lowest BCUT2D eigenvalue weighted by atomic mass is 10.2. The van der Waals surface area contributed by atoms with E-state index >= 15 is 0 Å². The number of rotatable bonds is 3. The Morgan fingerprint density at radius 1 is 1.27 bits per heavy atom. The van der Waals surface area contributed by atoms with E-state index in [4.69, 9.17) is 0 Å². The van der Waals surface area contributed by atoms with E-state index in [-0.39, 0.29) is 0 Å². The summed E-state index contributed by atoms with van der Waals surface area (Å²) < 4.78 is 0. The number of amidine groups is 1. The number of hydrogen-bond donors (Lipinski definition) is 0. The molecule has 1 aromatic carbocycles. The standard InChI is InChI=1S/C13H14N2/c1-3-14-13(15-4-2)11-10-12-8-6-5-7-9-12/h3-11H,1H2,2H3/b11-10+,14-13-,15-4-. The van der Waals surface area contributed by atoms with Gasteiger partial charge in [0, 0.05) is 12.4 Å². The van der Waals surface area contributed by atoms with Gasteiger partial charge in [-0.1, -0.05) is 43.0 Å². The van der Waals surface area contributed by atoms with E-state index in [0.717, 1.165) is 5.56 Å². The summed E-state index contributed by atoms with van der Waals surface area (Å²) in [5, 5.41) is 0. The summed E-state index contributed by atoms with van der Waals surface area (Å²) in [5.41, 5.74) is 1.13. The molecule has 0 spiro atoms. The minimum atomic E-state index is 0.649. The zero-order valence-corrected chi connectivity index (χ0v) is 8.80. The molecule has 0 saturated heterocycles. The number of aliphatic imine (C=N–C) groups is 2. The molecular weight excluding hydrogens is 184 g/mol. The van der Waals surface area contributed by atoms with Gasteiger partial charge in [0.15, 0.2) is 5.84 Å². The van der Waals surface area contributed by atoms with Crippen LogP contribution in [-0.2, 0) is 0 Å². The van der Waals surface area contributed by atoms with Gasteiger partial charge >= 0.3 is 0 Å². The van der Waals surface area contributed by atoms with Gasteiger partial charge in [-0.15, -0.1) is 0 Å². The Morgan fingerprint density at radius 2 is 2.00 bits per heavy atom. The predicted octanol–water partition coefficient (Wildman–Crippen LogP) is 3.33. The van der Waals surface area contributed by atoms with Crippen molar-refractivity contribution in [3.05, 3.63) is 54.8 Å². The molecule has 0 fully saturated rings. The van der Waals surface area contributed by atoms with Crippen LogP contribution < -0.4 is 0 Å². The highest BCUT2D eigenvalue weighted by molar-refractivity contribution is 6.00. The van der Waals surface area contributed by atoms with Gasteiger partial charge in [-0.2, -0.15) is 0 Å². The summed E-state index contributed by atoms with van der Waals surface area (Å²) >= 11 is 0. The molecule has 0 amide bonds. The molecule has 1 rings (SSSR count). The zero-order chi connectivity index (χ0) is 10.9. The summed E-state index contributed by atoms with van der Waals surface area (Å²) in [6.07, 6.45) is 7.02. The Morgan fingerprint density at radius 3 is 2.60 bits per heavy atom. The first-order chi connectivity index (χ1) is 7.36. The van der Waals surface area contributed by atoms with Crippen molar-refractivity contribution in [1.29, 1.82) is 0 Å². The average molecular weight is 198 g/mol. The van der Waals surface area contributed by atoms with E-state index in [9.17, 15) is 0 Å². The van der Waals surface area contributed by atoms with E-state index < -0.39 is 0 Å². The molecule has 0 aliphatic carbocycles. The van der Waals surface area contributed by atoms with Gasteiger partial charge in [0.2, 0.25) is 0 Å². The Kier molecular flexibility index (Phi) is 4.81. The normalized spacial score (nSPS) is 12.5. The monoisotopic (exact) mass is 198 g/mol. The maximum absolute atomic E-state index is 4.10. The molecule has 0 aliphatic rings. The third kappa shape index (κ3) is 4.18. The molecular formula is C13H14N2. The van der Waals surface area contributed by atoms with Crippen molar-refractivity contribution in [2.45, 2.75) is 6.92 Å². The maximum atomic E-state index is 4.10. The fourth-order valence-corrected chi connectivity index (χ4v) is 1.08. The van der Waals surface area contributed by atoms with Crippen LogP contribution >= 0.6 is 0 Å². The van der Waals surface area contributed by atoms with E-state index in [2.05, 4.69) is 16.6 Å². The third-order valence-electron chi connectivity index (χ3n) is 1.71. The van der Waals surface area contributed by atoms with Crippen LogP contribution in [0.5, 0.6) is 0 Å². The molecule has 0 N–H and O–H groups in total. The topological polar surface area (TPSA) is 24.7 Å². The van der Waals surface area contributed by atoms with E-state index in [1.165, 1.54) is 6.20 Å². The molecule has 1 aromatic rings. The molecule has 0 unspecified atom stereocenters. The Hall–Kier alpha value is -1.96. The van der Waals surface area contributed by atoms with Gasteiger partial charge in [0.05, 0.1) is 0 Å². The molecule has 2 nitrogen and oxygen atoms in total. The largest absolute Gasteiger partial charge is 0.242 e. The van der Waals surface area contributed by atoms with Crippen LogP contribution in [0.25, 0.3) is 6.08 Å². The summed E-state index contributed by atoms with van der Waals surface area (Å²) in [5.74, 6) is 0.649. The molecule has 0 saturated carbocycles. The van der Waals surface area contributed by atoms with E-state index in [1.54, 1.807) is 6.21 Å². The van der Waals surface area contributed by atoms with Crippen molar-refractivity contribution in [2.24, 2.45) is 9.98 Å². The summed E-state index contributed by atoms with van der Waals surface area (Å²) in [7, 11) is 0. The highest BCUT2D eigenvalue weighted by atomic mass is 14.9. The van der Waals surface area contributed by atoms with Crippen LogP contribution in [0, 0.1) is 0 Å². The second-order valence-corrected chi connectivity index (χ2v) is 2.80. The van der Waals surface area contributed by atoms with Gasteiger partial charge in [-0.25, -0.2) is 9.98 Å². The first kappa shape index (κ1) is 11.1. The van der Waals surface area contributed by atoms with Crippen LogP contribution in [0.15, 0.2) is 59.2 Å². The van der Waals surface area contributed by atoms with Crippen LogP contribution in [0.4, 0.5) is 0 Å². The minimum Gasteiger partial charge on any atom is -0.242 e. The van der Waals surface area contributed by atoms with Crippen molar-refractivity contribution < 1.29 is 0 Å². The fourth-order valence-electron chi connectivity index (χ4n) is 1.08. The van der Waals surface area contributed by atoms with Crippen molar-refractivity contribution in [2.75, 3.05) is 0 Å². The Bertz CT molecular complexity index is 386. The molecule has 0 aliphatic heterocycles.